The molecular weight excluding hydrogens is 230 g/mol. The zero-order chi connectivity index (χ0) is 13.0. The second-order valence-corrected chi connectivity index (χ2v) is 4.83. The maximum absolute atomic E-state index is 11.8. The van der Waals surface area contributed by atoms with Crippen molar-refractivity contribution in [1.29, 1.82) is 0 Å². The van der Waals surface area contributed by atoms with Crippen molar-refractivity contribution in [3.8, 4) is 5.75 Å². The molecule has 0 radical (unpaired) electrons. The summed E-state index contributed by atoms with van der Waals surface area (Å²) in [6, 6.07) is 3.07. The van der Waals surface area contributed by atoms with E-state index in [0.717, 1.165) is 25.9 Å². The number of nitrogens with one attached hydrogen (secondary N) is 1. The van der Waals surface area contributed by atoms with Crippen LogP contribution in [-0.2, 0) is 0 Å². The molecule has 0 spiro atoms. The molecule has 0 aliphatic carbocycles. The summed E-state index contributed by atoms with van der Waals surface area (Å²) in [6.07, 6.45) is 3.71. The Kier molecular flexibility index (Phi) is 4.15. The molecule has 1 aromatic rings. The van der Waals surface area contributed by atoms with E-state index in [4.69, 9.17) is 0 Å². The number of hydrogen-bond acceptors (Lipinski definition) is 4. The average molecular weight is 249 g/mol. The largest absolute Gasteiger partial charge is 0.505 e. The van der Waals surface area contributed by atoms with Gasteiger partial charge in [-0.05, 0) is 51.0 Å². The average Bonchev–Trinajstić information content (AvgIpc) is 2.38. The van der Waals surface area contributed by atoms with Crippen LogP contribution in [0.2, 0.25) is 0 Å². The van der Waals surface area contributed by atoms with Crippen LogP contribution in [0.15, 0.2) is 18.3 Å². The number of likely N-dealkylation sites (tertiary alicyclic amines) is 1. The third kappa shape index (κ3) is 3.20. The number of nitrogens with zero attached hydrogens (tertiary/aromatic N) is 2. The van der Waals surface area contributed by atoms with Gasteiger partial charge in [0.1, 0.15) is 5.75 Å². The van der Waals surface area contributed by atoms with E-state index in [1.807, 2.05) is 0 Å². The van der Waals surface area contributed by atoms with Crippen molar-refractivity contribution in [2.45, 2.75) is 12.8 Å². The van der Waals surface area contributed by atoms with E-state index >= 15 is 0 Å². The second kappa shape index (κ2) is 5.82. The van der Waals surface area contributed by atoms with Gasteiger partial charge in [0, 0.05) is 12.7 Å². The van der Waals surface area contributed by atoms with E-state index in [1.54, 1.807) is 6.07 Å². The van der Waals surface area contributed by atoms with Crippen LogP contribution >= 0.6 is 0 Å². The quantitative estimate of drug-likeness (QED) is 0.834. The number of piperidine rings is 1. The fraction of sp³-hybridized carbons (Fsp3) is 0.538. The molecule has 2 heterocycles. The lowest BCUT2D eigenvalue weighted by Crippen LogP contribution is -2.37. The minimum atomic E-state index is -0.299. The number of carbonyl (C=O) groups is 1. The monoisotopic (exact) mass is 249 g/mol. The molecule has 1 aliphatic heterocycles. The van der Waals surface area contributed by atoms with Crippen LogP contribution in [-0.4, -0.2) is 47.6 Å². The number of aromatic hydroxyl groups is 1. The first kappa shape index (κ1) is 12.8. The van der Waals surface area contributed by atoms with Gasteiger partial charge in [-0.3, -0.25) is 4.79 Å². The topological polar surface area (TPSA) is 65.5 Å². The zero-order valence-electron chi connectivity index (χ0n) is 10.6. The predicted molar refractivity (Wildman–Crippen MR) is 68.5 cm³/mol. The Bertz CT molecular complexity index is 414. The van der Waals surface area contributed by atoms with E-state index < -0.39 is 0 Å². The molecule has 5 nitrogen and oxygen atoms in total. The van der Waals surface area contributed by atoms with Crippen molar-refractivity contribution >= 4 is 5.91 Å². The van der Waals surface area contributed by atoms with Gasteiger partial charge in [0.25, 0.3) is 5.91 Å². The molecule has 0 aromatic carbocycles. The first-order chi connectivity index (χ1) is 8.66. The number of rotatable bonds is 3. The lowest BCUT2D eigenvalue weighted by molar-refractivity contribution is 0.0931. The maximum Gasteiger partial charge on any atom is 0.273 e. The van der Waals surface area contributed by atoms with Gasteiger partial charge in [-0.25, -0.2) is 4.98 Å². The standard InChI is InChI=1S/C13H19N3O2/c1-16-7-4-10(5-8-16)9-15-13(18)12-11(17)3-2-6-14-12/h2-3,6,10,17H,4-5,7-9H2,1H3,(H,15,18). The summed E-state index contributed by atoms with van der Waals surface area (Å²) >= 11 is 0. The molecular formula is C13H19N3O2. The van der Waals surface area contributed by atoms with Gasteiger partial charge in [0.15, 0.2) is 5.69 Å². The lowest BCUT2D eigenvalue weighted by atomic mass is 9.97. The third-order valence-corrected chi connectivity index (χ3v) is 3.39. The molecule has 2 N–H and O–H groups in total. The van der Waals surface area contributed by atoms with Gasteiger partial charge in [0.2, 0.25) is 0 Å². The highest BCUT2D eigenvalue weighted by atomic mass is 16.3. The third-order valence-electron chi connectivity index (χ3n) is 3.39. The molecule has 0 atom stereocenters. The first-order valence-corrected chi connectivity index (χ1v) is 6.27. The van der Waals surface area contributed by atoms with Crippen LogP contribution in [0.4, 0.5) is 0 Å². The van der Waals surface area contributed by atoms with Crippen molar-refractivity contribution in [1.82, 2.24) is 15.2 Å². The second-order valence-electron chi connectivity index (χ2n) is 4.83. The smallest absolute Gasteiger partial charge is 0.273 e. The van der Waals surface area contributed by atoms with Gasteiger partial charge in [-0.1, -0.05) is 0 Å². The number of pyridine rings is 1. The highest BCUT2D eigenvalue weighted by molar-refractivity contribution is 5.94. The maximum atomic E-state index is 11.8. The fourth-order valence-electron chi connectivity index (χ4n) is 2.16. The van der Waals surface area contributed by atoms with Crippen molar-refractivity contribution in [2.75, 3.05) is 26.7 Å². The molecule has 2 rings (SSSR count). The summed E-state index contributed by atoms with van der Waals surface area (Å²) < 4.78 is 0. The normalized spacial score (nSPS) is 17.6. The number of hydrogen-bond donors (Lipinski definition) is 2. The Labute approximate surface area is 107 Å². The van der Waals surface area contributed by atoms with E-state index in [2.05, 4.69) is 22.2 Å². The molecule has 0 bridgehead atoms. The number of amides is 1. The van der Waals surface area contributed by atoms with Gasteiger partial charge < -0.3 is 15.3 Å². The predicted octanol–water partition coefficient (Wildman–Crippen LogP) is 0.859. The Morgan fingerprint density at radius 3 is 2.94 bits per heavy atom. The molecule has 0 unspecified atom stereocenters. The summed E-state index contributed by atoms with van der Waals surface area (Å²) in [5.74, 6) is 0.154. The van der Waals surface area contributed by atoms with Gasteiger partial charge >= 0.3 is 0 Å². The van der Waals surface area contributed by atoms with Crippen molar-refractivity contribution in [3.63, 3.8) is 0 Å². The summed E-state index contributed by atoms with van der Waals surface area (Å²) in [4.78, 5) is 18.0. The van der Waals surface area contributed by atoms with Gasteiger partial charge in [0.05, 0.1) is 0 Å². The molecule has 18 heavy (non-hydrogen) atoms. The molecule has 1 amide bonds. The molecule has 1 aromatic heterocycles. The molecule has 1 aliphatic rings. The fourth-order valence-corrected chi connectivity index (χ4v) is 2.16. The SMILES string of the molecule is CN1CCC(CNC(=O)c2ncccc2O)CC1. The van der Waals surface area contributed by atoms with Crippen LogP contribution in [0.1, 0.15) is 23.3 Å². The van der Waals surface area contributed by atoms with Crippen LogP contribution in [0.5, 0.6) is 5.75 Å². The van der Waals surface area contributed by atoms with Gasteiger partial charge in [-0.2, -0.15) is 0 Å². The van der Waals surface area contributed by atoms with E-state index in [1.165, 1.54) is 12.3 Å². The first-order valence-electron chi connectivity index (χ1n) is 6.27. The van der Waals surface area contributed by atoms with Crippen molar-refractivity contribution in [3.05, 3.63) is 24.0 Å². The lowest BCUT2D eigenvalue weighted by Gasteiger charge is -2.28. The summed E-state index contributed by atoms with van der Waals surface area (Å²) in [5.41, 5.74) is 0.102. The van der Waals surface area contributed by atoms with Crippen LogP contribution in [0.25, 0.3) is 0 Å². The van der Waals surface area contributed by atoms with E-state index in [9.17, 15) is 9.90 Å². The Balaban J connectivity index is 1.84. The Morgan fingerprint density at radius 1 is 1.56 bits per heavy atom. The van der Waals surface area contributed by atoms with Gasteiger partial charge in [-0.15, -0.1) is 0 Å². The number of carbonyl (C=O) groups excluding carboxylic acids is 1. The number of aromatic nitrogens is 1. The summed E-state index contributed by atoms with van der Waals surface area (Å²) in [5, 5.41) is 12.4. The summed E-state index contributed by atoms with van der Waals surface area (Å²) in [7, 11) is 2.11. The molecule has 98 valence electrons. The highest BCUT2D eigenvalue weighted by Gasteiger charge is 2.18. The summed E-state index contributed by atoms with van der Waals surface area (Å²) in [6.45, 7) is 2.81. The molecule has 1 saturated heterocycles. The molecule has 1 fully saturated rings. The van der Waals surface area contributed by atoms with Crippen molar-refractivity contribution in [2.24, 2.45) is 5.92 Å². The van der Waals surface area contributed by atoms with E-state index in [-0.39, 0.29) is 17.4 Å². The highest BCUT2D eigenvalue weighted by Crippen LogP contribution is 2.16. The molecule has 5 heteroatoms. The van der Waals surface area contributed by atoms with Crippen LogP contribution < -0.4 is 5.32 Å². The van der Waals surface area contributed by atoms with Crippen LogP contribution in [0.3, 0.4) is 0 Å². The minimum absolute atomic E-state index is 0.0709. The Hall–Kier alpha value is -1.62. The van der Waals surface area contributed by atoms with Crippen molar-refractivity contribution < 1.29 is 9.90 Å². The molecule has 0 saturated carbocycles. The van der Waals surface area contributed by atoms with E-state index in [0.29, 0.717) is 12.5 Å². The zero-order valence-corrected chi connectivity index (χ0v) is 10.6. The minimum Gasteiger partial charge on any atom is -0.505 e. The van der Waals surface area contributed by atoms with Crippen LogP contribution in [0, 0.1) is 5.92 Å². The Morgan fingerprint density at radius 2 is 2.28 bits per heavy atom.